The normalized spacial score (nSPS) is 9.47. The second kappa shape index (κ2) is 4.31. The predicted octanol–water partition coefficient (Wildman–Crippen LogP) is 0.175. The first kappa shape index (κ1) is 10.8. The van der Waals surface area contributed by atoms with Crippen molar-refractivity contribution in [3.63, 3.8) is 0 Å². The number of hydrazine groups is 1. The largest absolute Gasteiger partial charge is 0.465 e. The lowest BCUT2D eigenvalue weighted by Gasteiger charge is -2.02. The van der Waals surface area contributed by atoms with Crippen LogP contribution in [0.5, 0.6) is 0 Å². The molecule has 1 N–H and O–H groups in total. The summed E-state index contributed by atoms with van der Waals surface area (Å²) < 4.78 is 4.46. The summed E-state index contributed by atoms with van der Waals surface area (Å²) in [6.45, 7) is 1.53. The zero-order valence-electron chi connectivity index (χ0n) is 8.05. The van der Waals surface area contributed by atoms with E-state index in [1.54, 1.807) is 5.43 Å². The molecular formula is C7H8N4O4. The Balaban J connectivity index is 2.97. The Morgan fingerprint density at radius 1 is 1.67 bits per heavy atom. The second-order valence-electron chi connectivity index (χ2n) is 2.55. The maximum Gasteiger partial charge on any atom is 0.341 e. The molecule has 0 saturated heterocycles. The summed E-state index contributed by atoms with van der Waals surface area (Å²) in [7, 11) is 1.23. The van der Waals surface area contributed by atoms with Crippen LogP contribution in [0.3, 0.4) is 0 Å². The average molecular weight is 212 g/mol. The number of ether oxygens (including phenoxy) is 1. The van der Waals surface area contributed by atoms with Gasteiger partial charge in [-0.3, -0.25) is 0 Å². The maximum atomic E-state index is 11.1. The lowest BCUT2D eigenvalue weighted by molar-refractivity contribution is -0.446. The zero-order chi connectivity index (χ0) is 11.4. The van der Waals surface area contributed by atoms with Crippen LogP contribution >= 0.6 is 0 Å². The first-order valence-corrected chi connectivity index (χ1v) is 3.87. The summed E-state index contributed by atoms with van der Waals surface area (Å²) >= 11 is 0. The van der Waals surface area contributed by atoms with Gasteiger partial charge in [0.15, 0.2) is 5.03 Å². The number of aryl methyl sites for hydroxylation is 1. The number of nitrogens with zero attached hydrogens (tertiary/aromatic N) is 3. The monoisotopic (exact) mass is 212 g/mol. The average Bonchev–Trinajstić information content (AvgIpc) is 2.16. The molecule has 8 heteroatoms. The van der Waals surface area contributed by atoms with Crippen LogP contribution in [-0.4, -0.2) is 28.1 Å². The predicted molar refractivity (Wildman–Crippen MR) is 48.7 cm³/mol. The van der Waals surface area contributed by atoms with Gasteiger partial charge in [-0.2, -0.15) is 0 Å². The minimum atomic E-state index is -0.785. The Labute approximate surface area is 84.4 Å². The summed E-state index contributed by atoms with van der Waals surface area (Å²) in [5, 5.41) is 9.29. The highest BCUT2D eigenvalue weighted by Gasteiger charge is 2.13. The van der Waals surface area contributed by atoms with Gasteiger partial charge in [-0.05, 0) is 6.92 Å². The first-order chi connectivity index (χ1) is 7.04. The van der Waals surface area contributed by atoms with Gasteiger partial charge in [0.1, 0.15) is 0 Å². The fraction of sp³-hybridized carbons (Fsp3) is 0.286. The number of anilines is 1. The van der Waals surface area contributed by atoms with Crippen molar-refractivity contribution in [2.45, 2.75) is 6.92 Å². The Bertz CT molecular complexity index is 406. The molecule has 0 aliphatic rings. The summed E-state index contributed by atoms with van der Waals surface area (Å²) in [4.78, 5) is 28.5. The van der Waals surface area contributed by atoms with E-state index in [0.29, 0.717) is 5.69 Å². The minimum Gasteiger partial charge on any atom is -0.465 e. The molecule has 80 valence electrons. The van der Waals surface area contributed by atoms with Crippen molar-refractivity contribution in [3.8, 4) is 0 Å². The molecule has 0 radical (unpaired) electrons. The third-order valence-electron chi connectivity index (χ3n) is 1.58. The standard InChI is InChI=1S/C7H8N4O4/c1-4-5(6(12)15-2)3-8-7(9-4)10-11(13)14/h3H,1-2H3,(H,8,9,10). The number of nitrogens with one attached hydrogen (secondary N) is 1. The van der Waals surface area contributed by atoms with Crippen LogP contribution in [0, 0.1) is 17.0 Å². The quantitative estimate of drug-likeness (QED) is 0.432. The molecule has 0 aromatic carbocycles. The lowest BCUT2D eigenvalue weighted by atomic mass is 10.2. The van der Waals surface area contributed by atoms with Gasteiger partial charge < -0.3 is 4.74 Å². The molecule has 15 heavy (non-hydrogen) atoms. The van der Waals surface area contributed by atoms with Crippen LogP contribution in [0.1, 0.15) is 16.1 Å². The summed E-state index contributed by atoms with van der Waals surface area (Å²) in [5.74, 6) is -0.759. The molecule has 1 aromatic rings. The SMILES string of the molecule is COC(=O)c1cnc(N[N+](=O)[O-])nc1C. The topological polar surface area (TPSA) is 107 Å². The van der Waals surface area contributed by atoms with Gasteiger partial charge in [-0.1, -0.05) is 5.43 Å². The van der Waals surface area contributed by atoms with Gasteiger partial charge in [0, 0.05) is 6.20 Å². The number of carbonyl (C=O) groups excluding carboxylic acids is 1. The summed E-state index contributed by atoms with van der Waals surface area (Å²) in [5.41, 5.74) is 2.26. The van der Waals surface area contributed by atoms with Crippen molar-refractivity contribution in [2.24, 2.45) is 0 Å². The van der Waals surface area contributed by atoms with Crippen molar-refractivity contribution >= 4 is 11.9 Å². The minimum absolute atomic E-state index is 0.173. The molecular weight excluding hydrogens is 204 g/mol. The van der Waals surface area contributed by atoms with Crippen molar-refractivity contribution in [3.05, 3.63) is 27.6 Å². The van der Waals surface area contributed by atoms with Crippen LogP contribution in [0.25, 0.3) is 0 Å². The molecule has 0 amide bonds. The zero-order valence-corrected chi connectivity index (χ0v) is 8.05. The van der Waals surface area contributed by atoms with Gasteiger partial charge in [-0.25, -0.2) is 24.9 Å². The molecule has 1 heterocycles. The van der Waals surface area contributed by atoms with Gasteiger partial charge in [-0.15, -0.1) is 0 Å². The Morgan fingerprint density at radius 2 is 2.33 bits per heavy atom. The smallest absolute Gasteiger partial charge is 0.341 e. The molecule has 0 atom stereocenters. The van der Waals surface area contributed by atoms with Gasteiger partial charge in [0.05, 0.1) is 18.4 Å². The number of aromatic nitrogens is 2. The Hall–Kier alpha value is -2.25. The molecule has 0 aliphatic carbocycles. The molecule has 0 unspecified atom stereocenters. The molecule has 1 rings (SSSR count). The Morgan fingerprint density at radius 3 is 2.80 bits per heavy atom. The highest BCUT2D eigenvalue weighted by Crippen LogP contribution is 2.07. The molecule has 0 aliphatic heterocycles. The molecule has 0 saturated carbocycles. The van der Waals surface area contributed by atoms with Crippen LogP contribution in [-0.2, 0) is 4.74 Å². The van der Waals surface area contributed by atoms with E-state index in [4.69, 9.17) is 0 Å². The Kier molecular flexibility index (Phi) is 3.11. The fourth-order valence-corrected chi connectivity index (χ4v) is 0.913. The van der Waals surface area contributed by atoms with Crippen molar-refractivity contribution in [1.29, 1.82) is 0 Å². The van der Waals surface area contributed by atoms with E-state index in [0.717, 1.165) is 0 Å². The van der Waals surface area contributed by atoms with Crippen LogP contribution in [0.15, 0.2) is 6.20 Å². The third-order valence-corrected chi connectivity index (χ3v) is 1.58. The lowest BCUT2D eigenvalue weighted by Crippen LogP contribution is -2.13. The fourth-order valence-electron chi connectivity index (χ4n) is 0.913. The van der Waals surface area contributed by atoms with Gasteiger partial charge in [0.2, 0.25) is 0 Å². The summed E-state index contributed by atoms with van der Waals surface area (Å²) in [6.07, 6.45) is 1.17. The number of esters is 1. The number of nitro groups is 1. The van der Waals surface area contributed by atoms with E-state index < -0.39 is 11.0 Å². The number of hydrogen-bond acceptors (Lipinski definition) is 6. The van der Waals surface area contributed by atoms with Gasteiger partial charge in [0.25, 0.3) is 5.95 Å². The number of rotatable bonds is 3. The number of carbonyl (C=O) groups is 1. The van der Waals surface area contributed by atoms with Crippen molar-refractivity contribution in [1.82, 2.24) is 9.97 Å². The number of hydrogen-bond donors (Lipinski definition) is 1. The van der Waals surface area contributed by atoms with Crippen LogP contribution in [0.4, 0.5) is 5.95 Å². The van der Waals surface area contributed by atoms with E-state index in [1.807, 2.05) is 0 Å². The van der Waals surface area contributed by atoms with E-state index in [2.05, 4.69) is 14.7 Å². The highest BCUT2D eigenvalue weighted by atomic mass is 16.7. The molecule has 8 nitrogen and oxygen atoms in total. The summed E-state index contributed by atoms with van der Waals surface area (Å²) in [6, 6.07) is 0. The van der Waals surface area contributed by atoms with Crippen molar-refractivity contribution in [2.75, 3.05) is 12.5 Å². The van der Waals surface area contributed by atoms with Crippen molar-refractivity contribution < 1.29 is 14.6 Å². The molecule has 0 spiro atoms. The number of methoxy groups -OCH3 is 1. The molecule has 0 fully saturated rings. The van der Waals surface area contributed by atoms with E-state index in [9.17, 15) is 14.9 Å². The highest BCUT2D eigenvalue weighted by molar-refractivity contribution is 5.90. The van der Waals surface area contributed by atoms with Gasteiger partial charge >= 0.3 is 5.97 Å². The van der Waals surface area contributed by atoms with Crippen LogP contribution < -0.4 is 5.43 Å². The van der Waals surface area contributed by atoms with Crippen LogP contribution in [0.2, 0.25) is 0 Å². The molecule has 0 bridgehead atoms. The van der Waals surface area contributed by atoms with E-state index >= 15 is 0 Å². The third kappa shape index (κ3) is 2.59. The van der Waals surface area contributed by atoms with E-state index in [1.165, 1.54) is 20.2 Å². The first-order valence-electron chi connectivity index (χ1n) is 3.87. The molecule has 1 aromatic heterocycles. The second-order valence-corrected chi connectivity index (χ2v) is 2.55. The van der Waals surface area contributed by atoms with E-state index in [-0.39, 0.29) is 11.5 Å². The maximum absolute atomic E-state index is 11.1.